The van der Waals surface area contributed by atoms with Gasteiger partial charge >= 0.3 is 12.1 Å². The Labute approximate surface area is 158 Å². The van der Waals surface area contributed by atoms with Crippen LogP contribution < -0.4 is 0 Å². The number of aliphatic hydroxyl groups is 1. The zero-order valence-corrected chi connectivity index (χ0v) is 14.9. The van der Waals surface area contributed by atoms with E-state index in [1.54, 1.807) is 12.2 Å². The van der Waals surface area contributed by atoms with Gasteiger partial charge in [0.05, 0.1) is 25.3 Å². The van der Waals surface area contributed by atoms with Crippen molar-refractivity contribution in [1.82, 2.24) is 4.90 Å². The smallest absolute Gasteiger partial charge is 0.411 e. The first-order chi connectivity index (χ1) is 13.1. The SMILES string of the molecule is O=C(O)COCC#CCN1C(=O)OCC[C@@H]1/C=C/C(O)Cc1ccccc1. The maximum absolute atomic E-state index is 12.0. The van der Waals surface area contributed by atoms with Crippen LogP contribution in [-0.4, -0.2) is 65.7 Å². The summed E-state index contributed by atoms with van der Waals surface area (Å²) >= 11 is 0. The number of aliphatic carboxylic acids is 1. The van der Waals surface area contributed by atoms with Crippen LogP contribution in [0.4, 0.5) is 4.79 Å². The van der Waals surface area contributed by atoms with Gasteiger partial charge in [-0.15, -0.1) is 0 Å². The Hall–Kier alpha value is -2.82. The van der Waals surface area contributed by atoms with Crippen LogP contribution in [0.3, 0.4) is 0 Å². The van der Waals surface area contributed by atoms with Crippen molar-refractivity contribution in [2.45, 2.75) is 25.0 Å². The predicted octanol–water partition coefficient (Wildman–Crippen LogP) is 1.46. The molecule has 2 rings (SSSR count). The molecule has 7 heteroatoms. The van der Waals surface area contributed by atoms with Gasteiger partial charge in [-0.2, -0.15) is 0 Å². The lowest BCUT2D eigenvalue weighted by Crippen LogP contribution is -2.45. The summed E-state index contributed by atoms with van der Waals surface area (Å²) in [6.07, 6.45) is 3.48. The quantitative estimate of drug-likeness (QED) is 0.407. The van der Waals surface area contributed by atoms with Crippen LogP contribution in [-0.2, 0) is 20.7 Å². The summed E-state index contributed by atoms with van der Waals surface area (Å²) < 4.78 is 9.87. The van der Waals surface area contributed by atoms with Gasteiger partial charge in [0, 0.05) is 12.8 Å². The molecular formula is C20H23NO6. The summed E-state index contributed by atoms with van der Waals surface area (Å²) in [4.78, 5) is 23.8. The monoisotopic (exact) mass is 373 g/mol. The molecular weight excluding hydrogens is 350 g/mol. The van der Waals surface area contributed by atoms with Gasteiger partial charge in [-0.1, -0.05) is 54.3 Å². The number of aliphatic hydroxyl groups excluding tert-OH is 1. The average molecular weight is 373 g/mol. The number of carbonyl (C=O) groups excluding carboxylic acids is 1. The first-order valence-corrected chi connectivity index (χ1v) is 8.65. The Morgan fingerprint density at radius 1 is 1.37 bits per heavy atom. The zero-order valence-electron chi connectivity index (χ0n) is 14.9. The van der Waals surface area contributed by atoms with Gasteiger partial charge in [-0.25, -0.2) is 9.59 Å². The van der Waals surface area contributed by atoms with Crippen LogP contribution in [0.5, 0.6) is 0 Å². The maximum Gasteiger partial charge on any atom is 0.411 e. The predicted molar refractivity (Wildman–Crippen MR) is 98.0 cm³/mol. The molecule has 0 spiro atoms. The number of carboxylic acid groups (broad SMARTS) is 1. The highest BCUT2D eigenvalue weighted by Crippen LogP contribution is 2.15. The normalized spacial score (nSPS) is 17.9. The Morgan fingerprint density at radius 3 is 2.89 bits per heavy atom. The fourth-order valence-corrected chi connectivity index (χ4v) is 2.58. The molecule has 1 aliphatic rings. The third kappa shape index (κ3) is 7.52. The first kappa shape index (κ1) is 20.5. The molecule has 0 saturated carbocycles. The minimum atomic E-state index is -1.06. The lowest BCUT2D eigenvalue weighted by molar-refractivity contribution is -0.141. The van der Waals surface area contributed by atoms with Crippen LogP contribution in [0.25, 0.3) is 0 Å². The van der Waals surface area contributed by atoms with E-state index in [4.69, 9.17) is 14.6 Å². The van der Waals surface area contributed by atoms with Gasteiger partial charge in [0.25, 0.3) is 0 Å². The summed E-state index contributed by atoms with van der Waals surface area (Å²) in [6.45, 7) is 0.0178. The van der Waals surface area contributed by atoms with Crippen molar-refractivity contribution in [3.05, 3.63) is 48.0 Å². The highest BCUT2D eigenvalue weighted by atomic mass is 16.6. The number of cyclic esters (lactones) is 1. The van der Waals surface area contributed by atoms with Crippen molar-refractivity contribution in [2.75, 3.05) is 26.4 Å². The number of rotatable bonds is 8. The van der Waals surface area contributed by atoms with Crippen molar-refractivity contribution in [3.63, 3.8) is 0 Å². The van der Waals surface area contributed by atoms with Crippen molar-refractivity contribution in [1.29, 1.82) is 0 Å². The van der Waals surface area contributed by atoms with Gasteiger partial charge in [0.1, 0.15) is 13.2 Å². The van der Waals surface area contributed by atoms with Crippen molar-refractivity contribution in [3.8, 4) is 11.8 Å². The van der Waals surface area contributed by atoms with Crippen LogP contribution >= 0.6 is 0 Å². The molecule has 7 nitrogen and oxygen atoms in total. The van der Waals surface area contributed by atoms with Gasteiger partial charge in [-0.3, -0.25) is 4.90 Å². The Kier molecular flexibility index (Phi) is 8.36. The second-order valence-electron chi connectivity index (χ2n) is 5.98. The summed E-state index contributed by atoms with van der Waals surface area (Å²) in [5.41, 5.74) is 1.03. The molecule has 1 heterocycles. The molecule has 2 atom stereocenters. The highest BCUT2D eigenvalue weighted by molar-refractivity contribution is 5.69. The van der Waals surface area contributed by atoms with Crippen LogP contribution in [0.15, 0.2) is 42.5 Å². The standard InChI is InChI=1S/C20H23NO6/c22-18(14-16-6-2-1-3-7-16)9-8-17-10-13-27-20(25)21(17)11-4-5-12-26-15-19(23)24/h1-3,6-9,17-18,22H,10-15H2,(H,23,24)/b9-8+/t17-,18?/m0/s1. The number of ether oxygens (including phenoxy) is 2. The average Bonchev–Trinajstić information content (AvgIpc) is 2.65. The molecule has 1 unspecified atom stereocenters. The molecule has 0 bridgehead atoms. The fraction of sp³-hybridized carbons (Fsp3) is 0.400. The minimum Gasteiger partial charge on any atom is -0.480 e. The minimum absolute atomic E-state index is 0.0223. The second-order valence-corrected chi connectivity index (χ2v) is 5.98. The second kappa shape index (κ2) is 11.0. The van der Waals surface area contributed by atoms with Crippen LogP contribution in [0.2, 0.25) is 0 Å². The number of nitrogens with zero attached hydrogens (tertiary/aromatic N) is 1. The Morgan fingerprint density at radius 2 is 2.15 bits per heavy atom. The molecule has 0 radical (unpaired) electrons. The summed E-state index contributed by atoms with van der Waals surface area (Å²) in [5.74, 6) is 4.39. The number of amides is 1. The summed E-state index contributed by atoms with van der Waals surface area (Å²) in [7, 11) is 0. The largest absolute Gasteiger partial charge is 0.480 e. The van der Waals surface area contributed by atoms with Gasteiger partial charge in [-0.05, 0) is 5.56 Å². The first-order valence-electron chi connectivity index (χ1n) is 8.65. The van der Waals surface area contributed by atoms with Crippen LogP contribution in [0.1, 0.15) is 12.0 Å². The van der Waals surface area contributed by atoms with Gasteiger partial charge in [0.15, 0.2) is 0 Å². The molecule has 0 aromatic heterocycles. The molecule has 1 amide bonds. The van der Waals surface area contributed by atoms with E-state index in [0.29, 0.717) is 19.4 Å². The molecule has 27 heavy (non-hydrogen) atoms. The lowest BCUT2D eigenvalue weighted by atomic mass is 10.1. The molecule has 144 valence electrons. The number of hydrogen-bond donors (Lipinski definition) is 2. The third-order valence-corrected chi connectivity index (χ3v) is 3.89. The van der Waals surface area contributed by atoms with E-state index in [-0.39, 0.29) is 19.2 Å². The van der Waals surface area contributed by atoms with E-state index < -0.39 is 24.8 Å². The zero-order chi connectivity index (χ0) is 19.5. The molecule has 1 aromatic carbocycles. The van der Waals surface area contributed by atoms with E-state index in [0.717, 1.165) is 5.56 Å². The summed E-state index contributed by atoms with van der Waals surface area (Å²) in [6, 6.07) is 9.44. The highest BCUT2D eigenvalue weighted by Gasteiger charge is 2.27. The third-order valence-electron chi connectivity index (χ3n) is 3.89. The fourth-order valence-electron chi connectivity index (χ4n) is 2.58. The maximum atomic E-state index is 12.0. The molecule has 2 N–H and O–H groups in total. The molecule has 1 fully saturated rings. The molecule has 1 saturated heterocycles. The van der Waals surface area contributed by atoms with E-state index in [9.17, 15) is 14.7 Å². The van der Waals surface area contributed by atoms with Crippen molar-refractivity contribution < 1.29 is 29.3 Å². The van der Waals surface area contributed by atoms with Crippen molar-refractivity contribution >= 4 is 12.1 Å². The van der Waals surface area contributed by atoms with E-state index in [1.165, 1.54) is 4.90 Å². The number of carbonyl (C=O) groups is 2. The number of carboxylic acids is 1. The molecule has 0 aliphatic carbocycles. The topological polar surface area (TPSA) is 96.3 Å². The molecule has 1 aromatic rings. The van der Waals surface area contributed by atoms with Gasteiger partial charge < -0.3 is 19.7 Å². The van der Waals surface area contributed by atoms with Crippen LogP contribution in [0, 0.1) is 11.8 Å². The van der Waals surface area contributed by atoms with E-state index in [1.807, 2.05) is 30.3 Å². The van der Waals surface area contributed by atoms with Crippen molar-refractivity contribution in [2.24, 2.45) is 0 Å². The number of benzene rings is 1. The lowest BCUT2D eigenvalue weighted by Gasteiger charge is -2.31. The van der Waals surface area contributed by atoms with Gasteiger partial charge in [0.2, 0.25) is 0 Å². The van der Waals surface area contributed by atoms with E-state index in [2.05, 4.69) is 11.8 Å². The number of hydrogen-bond acceptors (Lipinski definition) is 5. The Balaban J connectivity index is 1.87. The summed E-state index contributed by atoms with van der Waals surface area (Å²) in [5, 5.41) is 18.7. The molecule has 1 aliphatic heterocycles. The van der Waals surface area contributed by atoms with E-state index >= 15 is 0 Å². The Bertz CT molecular complexity index is 706.